The number of anilines is 4. The van der Waals surface area contributed by atoms with Crippen molar-refractivity contribution in [2.24, 2.45) is 0 Å². The average molecular weight is 586 g/mol. The van der Waals surface area contributed by atoms with Crippen molar-refractivity contribution in [1.29, 1.82) is 5.26 Å². The van der Waals surface area contributed by atoms with E-state index >= 15 is 0 Å². The molecule has 5 aromatic carbocycles. The molecule has 0 saturated carbocycles. The maximum Gasteiger partial charge on any atom is 0.270 e. The normalized spacial score (nSPS) is 14.9. The Hall–Kier alpha value is -6.51. The number of fused-ring (bicyclic) bond motifs is 4. The van der Waals surface area contributed by atoms with Crippen molar-refractivity contribution in [1.82, 2.24) is 0 Å². The molecule has 0 amide bonds. The molecule has 216 valence electrons. The highest BCUT2D eigenvalue weighted by Crippen LogP contribution is 2.56. The number of hydrogen-bond acceptors (Lipinski definition) is 6. The van der Waals surface area contributed by atoms with Crippen LogP contribution in [0.4, 0.5) is 22.7 Å². The largest absolute Gasteiger partial charge is 0.872 e. The highest BCUT2D eigenvalue weighted by molar-refractivity contribution is 6.26. The summed E-state index contributed by atoms with van der Waals surface area (Å²) in [7, 11) is 3.87. The first-order valence-electron chi connectivity index (χ1n) is 14.2. The van der Waals surface area contributed by atoms with Crippen LogP contribution in [-0.2, 0) is 0 Å². The van der Waals surface area contributed by atoms with Gasteiger partial charge in [-0.25, -0.2) is 14.7 Å². The molecular formula is C37H27N7O. The van der Waals surface area contributed by atoms with Crippen LogP contribution in [0, 0.1) is 17.9 Å². The van der Waals surface area contributed by atoms with Gasteiger partial charge in [-0.3, -0.25) is 0 Å². The third-order valence-corrected chi connectivity index (χ3v) is 8.63. The van der Waals surface area contributed by atoms with Crippen LogP contribution in [0.5, 0.6) is 0 Å². The summed E-state index contributed by atoms with van der Waals surface area (Å²) < 4.78 is 1.99. The van der Waals surface area contributed by atoms with Gasteiger partial charge in [-0.05, 0) is 64.4 Å². The maximum absolute atomic E-state index is 14.9. The minimum absolute atomic E-state index is 0.211. The summed E-state index contributed by atoms with van der Waals surface area (Å²) in [6.45, 7) is 8.01. The molecule has 0 radical (unpaired) electrons. The lowest BCUT2D eigenvalue weighted by Gasteiger charge is -2.41. The van der Waals surface area contributed by atoms with Crippen molar-refractivity contribution in [2.45, 2.75) is 0 Å². The Balaban J connectivity index is 1.74. The van der Waals surface area contributed by atoms with E-state index in [4.69, 9.17) is 29.5 Å². The van der Waals surface area contributed by atoms with Crippen LogP contribution in [0.3, 0.4) is 0 Å². The fourth-order valence-electron chi connectivity index (χ4n) is 6.90. The first kappa shape index (κ1) is 27.3. The molecule has 0 atom stereocenters. The van der Waals surface area contributed by atoms with Gasteiger partial charge in [0.2, 0.25) is 5.71 Å². The molecule has 0 fully saturated rings. The third-order valence-electron chi connectivity index (χ3n) is 8.63. The summed E-state index contributed by atoms with van der Waals surface area (Å²) in [4.78, 5) is 3.61. The number of rotatable bonds is 1. The minimum Gasteiger partial charge on any atom is -0.872 e. The second-order valence-electron chi connectivity index (χ2n) is 11.3. The van der Waals surface area contributed by atoms with Crippen LogP contribution in [0.2, 0.25) is 0 Å². The van der Waals surface area contributed by atoms with E-state index < -0.39 is 0 Å². The number of nitrogens with two attached hydrogens (primary N) is 4. The lowest BCUT2D eigenvalue weighted by molar-refractivity contribution is -0.463. The van der Waals surface area contributed by atoms with Crippen molar-refractivity contribution < 1.29 is 9.68 Å². The Kier molecular flexibility index (Phi) is 5.93. The number of allylic oxidation sites excluding steroid dienone is 3. The average Bonchev–Trinajstić information content (AvgIpc) is 3.01. The second kappa shape index (κ2) is 9.77. The predicted molar refractivity (Wildman–Crippen MR) is 179 cm³/mol. The van der Waals surface area contributed by atoms with E-state index in [1.807, 2.05) is 73.3 Å². The van der Waals surface area contributed by atoms with Crippen molar-refractivity contribution in [3.05, 3.63) is 141 Å². The SMILES string of the molecule is [C-]#[N+]/C(C#N)=C1/C(=C2c3c(N)cccc3C(=[N+](C)C)c3cccc(N)c32)C([O-])=C1c1c2c(N)cccc2cc2cccc(N)c12. The molecule has 8 N–H and O–H groups in total. The number of hydrogen-bond donors (Lipinski definition) is 4. The Bertz CT molecular complexity index is 2270. The van der Waals surface area contributed by atoms with Gasteiger partial charge in [0.25, 0.3) is 5.70 Å². The van der Waals surface area contributed by atoms with Crippen molar-refractivity contribution in [3.63, 3.8) is 0 Å². The van der Waals surface area contributed by atoms with E-state index in [9.17, 15) is 10.4 Å². The first-order valence-corrected chi connectivity index (χ1v) is 14.2. The number of nitriles is 1. The van der Waals surface area contributed by atoms with Gasteiger partial charge in [-0.15, -0.1) is 0 Å². The van der Waals surface area contributed by atoms with Crippen LogP contribution < -0.4 is 28.0 Å². The topological polar surface area (TPSA) is 158 Å². The zero-order chi connectivity index (χ0) is 31.7. The molecule has 45 heavy (non-hydrogen) atoms. The monoisotopic (exact) mass is 585 g/mol. The molecule has 0 aliphatic heterocycles. The van der Waals surface area contributed by atoms with E-state index in [1.165, 1.54) is 0 Å². The molecule has 0 unspecified atom stereocenters. The highest BCUT2D eigenvalue weighted by Gasteiger charge is 2.40. The number of nitrogens with zero attached hydrogens (tertiary/aromatic N) is 3. The van der Waals surface area contributed by atoms with E-state index in [1.54, 1.807) is 24.3 Å². The van der Waals surface area contributed by atoms with Crippen LogP contribution in [0.15, 0.2) is 101 Å². The third kappa shape index (κ3) is 3.67. The molecule has 8 heteroatoms. The first-order chi connectivity index (χ1) is 21.7. The van der Waals surface area contributed by atoms with Gasteiger partial charge in [0.15, 0.2) is 0 Å². The molecule has 7 rings (SSSR count). The van der Waals surface area contributed by atoms with E-state index in [0.29, 0.717) is 55.8 Å². The van der Waals surface area contributed by atoms with Crippen LogP contribution >= 0.6 is 0 Å². The van der Waals surface area contributed by atoms with Gasteiger partial charge < -0.3 is 28.0 Å². The zero-order valence-electron chi connectivity index (χ0n) is 24.6. The Morgan fingerprint density at radius 2 is 1.20 bits per heavy atom. The lowest BCUT2D eigenvalue weighted by Crippen LogP contribution is -2.29. The predicted octanol–water partition coefficient (Wildman–Crippen LogP) is 5.03. The quantitative estimate of drug-likeness (QED) is 0.0697. The molecule has 0 heterocycles. The number of benzene rings is 5. The van der Waals surface area contributed by atoms with Gasteiger partial charge in [0.05, 0.1) is 23.8 Å². The van der Waals surface area contributed by atoms with Gasteiger partial charge in [0, 0.05) is 61.4 Å². The summed E-state index contributed by atoms with van der Waals surface area (Å²) in [5.74, 6) is -0.353. The van der Waals surface area contributed by atoms with Crippen LogP contribution in [0.25, 0.3) is 37.5 Å². The molecular weight excluding hydrogens is 558 g/mol. The molecule has 0 spiro atoms. The summed E-state index contributed by atoms with van der Waals surface area (Å²) in [6.07, 6.45) is 0. The molecule has 2 aliphatic rings. The van der Waals surface area contributed by atoms with Gasteiger partial charge in [0.1, 0.15) is 14.1 Å². The Morgan fingerprint density at radius 1 is 0.711 bits per heavy atom. The van der Waals surface area contributed by atoms with Crippen molar-refractivity contribution >= 4 is 61.2 Å². The smallest absolute Gasteiger partial charge is 0.270 e. The summed E-state index contributed by atoms with van der Waals surface area (Å²) in [5, 5.41) is 28.0. The molecule has 0 aromatic heterocycles. The van der Waals surface area contributed by atoms with E-state index in [-0.39, 0.29) is 28.2 Å². The molecule has 0 saturated heterocycles. The van der Waals surface area contributed by atoms with Crippen molar-refractivity contribution in [3.8, 4) is 6.07 Å². The van der Waals surface area contributed by atoms with Gasteiger partial charge in [-0.2, -0.15) is 0 Å². The molecule has 8 nitrogen and oxygen atoms in total. The van der Waals surface area contributed by atoms with Gasteiger partial charge >= 0.3 is 0 Å². The van der Waals surface area contributed by atoms with E-state index in [0.717, 1.165) is 27.6 Å². The molecule has 2 aliphatic carbocycles. The maximum atomic E-state index is 14.9. The van der Waals surface area contributed by atoms with E-state index in [2.05, 4.69) is 10.9 Å². The fraction of sp³-hybridized carbons (Fsp3) is 0.0541. The van der Waals surface area contributed by atoms with Crippen LogP contribution in [0.1, 0.15) is 27.8 Å². The number of nitrogen functional groups attached to an aromatic ring is 4. The Morgan fingerprint density at radius 3 is 1.67 bits per heavy atom. The highest BCUT2D eigenvalue weighted by atomic mass is 16.3. The van der Waals surface area contributed by atoms with Crippen molar-refractivity contribution in [2.75, 3.05) is 37.0 Å². The fourth-order valence-corrected chi connectivity index (χ4v) is 6.90. The van der Waals surface area contributed by atoms with Gasteiger partial charge in [-0.1, -0.05) is 42.2 Å². The standard InChI is InChI=1S/C37H27N7O/c1-43-26(17-38)31-34(32-27-18(8-4-12-22(27)39)16-19-9-5-13-23(40)28(19)32)37(45)35(31)33-29-20(10-6-14-24(29)41)36(44(2)3)21-11-7-15-25(42)30(21)33/h4-16H,39-42H2,2-3H3/b31-26+. The summed E-state index contributed by atoms with van der Waals surface area (Å²) in [5.41, 5.74) is 33.5. The van der Waals surface area contributed by atoms with Crippen LogP contribution in [-0.4, -0.2) is 24.4 Å². The molecule has 5 aromatic rings. The zero-order valence-corrected chi connectivity index (χ0v) is 24.6. The Labute approximate surface area is 259 Å². The lowest BCUT2D eigenvalue weighted by atomic mass is 9.68. The molecule has 0 bridgehead atoms. The minimum atomic E-state index is -0.353. The summed E-state index contributed by atoms with van der Waals surface area (Å²) in [6, 6.07) is 26.2. The second-order valence-corrected chi connectivity index (χ2v) is 11.3. The summed E-state index contributed by atoms with van der Waals surface area (Å²) >= 11 is 0.